The third-order valence-electron chi connectivity index (χ3n) is 2.88. The van der Waals surface area contributed by atoms with Crippen LogP contribution in [0.1, 0.15) is 5.56 Å². The smallest absolute Gasteiger partial charge is 0.218 e. The van der Waals surface area contributed by atoms with Crippen molar-refractivity contribution in [2.45, 2.75) is 18.0 Å². The highest BCUT2D eigenvalue weighted by molar-refractivity contribution is 7.88. The average Bonchev–Trinajstić information content (AvgIpc) is 2.63. The van der Waals surface area contributed by atoms with E-state index in [0.717, 1.165) is 4.31 Å². The molecule has 100 valence electrons. The monoisotopic (exact) mass is 275 g/mol. The quantitative estimate of drug-likeness (QED) is 0.793. The zero-order valence-electron chi connectivity index (χ0n) is 9.53. The summed E-state index contributed by atoms with van der Waals surface area (Å²) in [5.74, 6) is -0.699. The number of sulfonamides is 1. The number of β-amino-alcohol motifs (C(OH)–C–C–N with tert-alkyl or cyclic N) is 2. The van der Waals surface area contributed by atoms with Gasteiger partial charge in [-0.15, -0.1) is 0 Å². The van der Waals surface area contributed by atoms with Crippen molar-refractivity contribution in [3.63, 3.8) is 0 Å². The summed E-state index contributed by atoms with van der Waals surface area (Å²) >= 11 is 0. The molecule has 2 N–H and O–H groups in total. The molecule has 18 heavy (non-hydrogen) atoms. The van der Waals surface area contributed by atoms with Crippen molar-refractivity contribution in [3.05, 3.63) is 35.6 Å². The summed E-state index contributed by atoms with van der Waals surface area (Å²) in [6.45, 7) is -0.213. The maximum absolute atomic E-state index is 12.7. The molecule has 0 bridgehead atoms. The van der Waals surface area contributed by atoms with Crippen molar-refractivity contribution < 1.29 is 23.0 Å². The molecule has 2 atom stereocenters. The van der Waals surface area contributed by atoms with Gasteiger partial charge >= 0.3 is 0 Å². The Morgan fingerprint density at radius 1 is 1.17 bits per heavy atom. The third-order valence-corrected chi connectivity index (χ3v) is 4.66. The first kappa shape index (κ1) is 13.4. The number of hydrogen-bond acceptors (Lipinski definition) is 4. The van der Waals surface area contributed by atoms with Crippen molar-refractivity contribution in [2.24, 2.45) is 0 Å². The Balaban J connectivity index is 2.10. The summed E-state index contributed by atoms with van der Waals surface area (Å²) in [5, 5.41) is 18.7. The Morgan fingerprint density at radius 3 is 2.17 bits per heavy atom. The van der Waals surface area contributed by atoms with Crippen LogP contribution in [0.4, 0.5) is 4.39 Å². The normalized spacial score (nSPS) is 25.5. The van der Waals surface area contributed by atoms with Gasteiger partial charge < -0.3 is 10.2 Å². The lowest BCUT2D eigenvalue weighted by Crippen LogP contribution is -2.31. The van der Waals surface area contributed by atoms with Gasteiger partial charge in [-0.1, -0.05) is 12.1 Å². The topological polar surface area (TPSA) is 77.8 Å². The minimum Gasteiger partial charge on any atom is -0.389 e. The first-order valence-corrected chi connectivity index (χ1v) is 7.08. The van der Waals surface area contributed by atoms with Crippen LogP contribution in [0.3, 0.4) is 0 Å². The van der Waals surface area contributed by atoms with Crippen LogP contribution in [0.25, 0.3) is 0 Å². The molecule has 1 heterocycles. The fraction of sp³-hybridized carbons (Fsp3) is 0.455. The maximum Gasteiger partial charge on any atom is 0.218 e. The highest BCUT2D eigenvalue weighted by Gasteiger charge is 2.36. The summed E-state index contributed by atoms with van der Waals surface area (Å²) in [6.07, 6.45) is -2.10. The Morgan fingerprint density at radius 2 is 1.67 bits per heavy atom. The Kier molecular flexibility index (Phi) is 3.67. The van der Waals surface area contributed by atoms with Gasteiger partial charge in [0.1, 0.15) is 5.82 Å². The second-order valence-electron chi connectivity index (χ2n) is 4.33. The van der Waals surface area contributed by atoms with E-state index >= 15 is 0 Å². The molecule has 7 heteroatoms. The van der Waals surface area contributed by atoms with Crippen LogP contribution >= 0.6 is 0 Å². The Bertz CT molecular complexity index is 506. The van der Waals surface area contributed by atoms with Gasteiger partial charge in [-0.25, -0.2) is 12.8 Å². The summed E-state index contributed by atoms with van der Waals surface area (Å²) < 4.78 is 37.7. The van der Waals surface area contributed by atoms with E-state index in [0.29, 0.717) is 5.56 Å². The van der Waals surface area contributed by atoms with Crippen molar-refractivity contribution in [1.29, 1.82) is 0 Å². The van der Waals surface area contributed by atoms with Crippen LogP contribution in [-0.2, 0) is 15.8 Å². The van der Waals surface area contributed by atoms with Crippen molar-refractivity contribution in [3.8, 4) is 0 Å². The standard InChI is InChI=1S/C11H14FNO4S/c12-9-3-1-8(2-4-9)7-18(16,17)13-5-10(14)11(15)6-13/h1-4,10-11,14-15H,5-7H2/t10-,11+. The fourth-order valence-electron chi connectivity index (χ4n) is 1.84. The highest BCUT2D eigenvalue weighted by atomic mass is 32.2. The van der Waals surface area contributed by atoms with Gasteiger partial charge in [0.25, 0.3) is 0 Å². The molecule has 1 aliphatic rings. The number of halogens is 1. The SMILES string of the molecule is O=S(=O)(Cc1ccc(F)cc1)N1C[C@@H](O)[C@@H](O)C1. The molecule has 5 nitrogen and oxygen atoms in total. The van der Waals surface area contributed by atoms with Gasteiger partial charge in [0, 0.05) is 13.1 Å². The van der Waals surface area contributed by atoms with Crippen LogP contribution in [-0.4, -0.2) is 48.2 Å². The van der Waals surface area contributed by atoms with Crippen LogP contribution in [0.5, 0.6) is 0 Å². The number of aliphatic hydroxyl groups excluding tert-OH is 2. The number of aliphatic hydroxyl groups is 2. The number of hydrogen-bond donors (Lipinski definition) is 2. The largest absolute Gasteiger partial charge is 0.389 e. The van der Waals surface area contributed by atoms with Gasteiger partial charge in [-0.2, -0.15) is 4.31 Å². The van der Waals surface area contributed by atoms with E-state index in [4.69, 9.17) is 0 Å². The molecule has 0 saturated carbocycles. The minimum absolute atomic E-state index is 0.106. The van der Waals surface area contributed by atoms with E-state index < -0.39 is 28.0 Å². The van der Waals surface area contributed by atoms with Crippen LogP contribution < -0.4 is 0 Å². The fourth-order valence-corrected chi connectivity index (χ4v) is 3.40. The Labute approximate surface area is 105 Å². The van der Waals surface area contributed by atoms with Gasteiger partial charge in [-0.05, 0) is 17.7 Å². The molecule has 1 aromatic carbocycles. The van der Waals surface area contributed by atoms with E-state index in [1.165, 1.54) is 24.3 Å². The second-order valence-corrected chi connectivity index (χ2v) is 6.30. The molecule has 0 radical (unpaired) electrons. The van der Waals surface area contributed by atoms with Gasteiger partial charge in [0.05, 0.1) is 18.0 Å². The lowest BCUT2D eigenvalue weighted by atomic mass is 10.2. The third kappa shape index (κ3) is 2.86. The predicted octanol–water partition coefficient (Wildman–Crippen LogP) is -0.307. The van der Waals surface area contributed by atoms with Crippen molar-refractivity contribution >= 4 is 10.0 Å². The summed E-state index contributed by atoms with van der Waals surface area (Å²) in [6, 6.07) is 5.18. The molecule has 0 aromatic heterocycles. The zero-order valence-corrected chi connectivity index (χ0v) is 10.3. The van der Waals surface area contributed by atoms with E-state index in [1.54, 1.807) is 0 Å². The Hall–Kier alpha value is -1.02. The number of benzene rings is 1. The lowest BCUT2D eigenvalue weighted by Gasteiger charge is -2.15. The van der Waals surface area contributed by atoms with Crippen LogP contribution in [0, 0.1) is 5.82 Å². The minimum atomic E-state index is -3.60. The summed E-state index contributed by atoms with van der Waals surface area (Å²) in [4.78, 5) is 0. The predicted molar refractivity (Wildman–Crippen MR) is 62.6 cm³/mol. The first-order chi connectivity index (χ1) is 8.38. The van der Waals surface area contributed by atoms with Crippen molar-refractivity contribution in [2.75, 3.05) is 13.1 Å². The van der Waals surface area contributed by atoms with Gasteiger partial charge in [0.2, 0.25) is 10.0 Å². The second kappa shape index (κ2) is 4.93. The molecule has 1 aliphatic heterocycles. The molecule has 1 fully saturated rings. The van der Waals surface area contributed by atoms with E-state index in [2.05, 4.69) is 0 Å². The molecule has 0 amide bonds. The summed E-state index contributed by atoms with van der Waals surface area (Å²) in [7, 11) is -3.60. The average molecular weight is 275 g/mol. The lowest BCUT2D eigenvalue weighted by molar-refractivity contribution is 0.0572. The molecule has 0 spiro atoms. The van der Waals surface area contributed by atoms with E-state index in [1.807, 2.05) is 0 Å². The maximum atomic E-state index is 12.7. The van der Waals surface area contributed by atoms with E-state index in [-0.39, 0.29) is 18.8 Å². The molecule has 1 saturated heterocycles. The van der Waals surface area contributed by atoms with E-state index in [9.17, 15) is 23.0 Å². The van der Waals surface area contributed by atoms with Crippen LogP contribution in [0.2, 0.25) is 0 Å². The van der Waals surface area contributed by atoms with Gasteiger partial charge in [-0.3, -0.25) is 0 Å². The highest BCUT2D eigenvalue weighted by Crippen LogP contribution is 2.18. The van der Waals surface area contributed by atoms with Gasteiger partial charge in [0.15, 0.2) is 0 Å². The van der Waals surface area contributed by atoms with Crippen LogP contribution in [0.15, 0.2) is 24.3 Å². The molecule has 2 rings (SSSR count). The number of rotatable bonds is 3. The number of nitrogens with zero attached hydrogens (tertiary/aromatic N) is 1. The molecule has 1 aromatic rings. The zero-order chi connectivity index (χ0) is 13.3. The molecule has 0 aliphatic carbocycles. The van der Waals surface area contributed by atoms with Crippen molar-refractivity contribution in [1.82, 2.24) is 4.31 Å². The first-order valence-electron chi connectivity index (χ1n) is 5.47. The molecule has 0 unspecified atom stereocenters. The molecular weight excluding hydrogens is 261 g/mol. The molecular formula is C11H14FNO4S. The summed E-state index contributed by atoms with van der Waals surface area (Å²) in [5.41, 5.74) is 0.465.